The Morgan fingerprint density at radius 1 is 1.32 bits per heavy atom. The molecule has 2 amide bonds. The van der Waals surface area contributed by atoms with Crippen molar-refractivity contribution in [2.45, 2.75) is 32.4 Å². The highest BCUT2D eigenvalue weighted by Crippen LogP contribution is 2.39. The average molecular weight is 378 g/mol. The van der Waals surface area contributed by atoms with Gasteiger partial charge in [-0.05, 0) is 48.7 Å². The van der Waals surface area contributed by atoms with Gasteiger partial charge in [-0.15, -0.1) is 22.7 Å². The van der Waals surface area contributed by atoms with Crippen LogP contribution >= 0.6 is 22.7 Å². The molecule has 0 saturated carbocycles. The maximum atomic E-state index is 12.5. The number of nitrogens with one attached hydrogen (secondary N) is 2. The largest absolute Gasteiger partial charge is 0.355 e. The fourth-order valence-corrected chi connectivity index (χ4v) is 4.96. The molecule has 1 aliphatic rings. The molecule has 5 nitrogen and oxygen atoms in total. The van der Waals surface area contributed by atoms with Gasteiger partial charge in [-0.3, -0.25) is 14.5 Å². The molecule has 0 aromatic carbocycles. The highest BCUT2D eigenvalue weighted by Gasteiger charge is 2.31. The Labute approximate surface area is 156 Å². The van der Waals surface area contributed by atoms with Crippen molar-refractivity contribution in [3.05, 3.63) is 44.3 Å². The van der Waals surface area contributed by atoms with E-state index in [9.17, 15) is 9.59 Å². The van der Waals surface area contributed by atoms with Gasteiger partial charge in [-0.2, -0.15) is 0 Å². The van der Waals surface area contributed by atoms with E-state index in [1.165, 1.54) is 15.3 Å². The Morgan fingerprint density at radius 3 is 2.88 bits per heavy atom. The van der Waals surface area contributed by atoms with E-state index in [-0.39, 0.29) is 17.9 Å². The zero-order valence-corrected chi connectivity index (χ0v) is 16.1. The summed E-state index contributed by atoms with van der Waals surface area (Å²) in [7, 11) is 0. The Balaban J connectivity index is 1.71. The van der Waals surface area contributed by atoms with Crippen LogP contribution in [0.3, 0.4) is 0 Å². The van der Waals surface area contributed by atoms with Crippen molar-refractivity contribution >= 4 is 34.5 Å². The second-order valence-corrected chi connectivity index (χ2v) is 8.10. The predicted octanol–water partition coefficient (Wildman–Crippen LogP) is 2.40. The van der Waals surface area contributed by atoms with Gasteiger partial charge >= 0.3 is 0 Å². The van der Waals surface area contributed by atoms with E-state index in [1.807, 2.05) is 6.92 Å². The minimum atomic E-state index is -0.519. The number of nitrogens with zero attached hydrogens (tertiary/aromatic N) is 1. The number of hydrogen-bond acceptors (Lipinski definition) is 5. The highest BCUT2D eigenvalue weighted by molar-refractivity contribution is 7.10. The first kappa shape index (κ1) is 18.1. The van der Waals surface area contributed by atoms with Crippen molar-refractivity contribution in [2.24, 2.45) is 0 Å². The summed E-state index contributed by atoms with van der Waals surface area (Å²) in [4.78, 5) is 29.2. The standard InChI is InChI=1S/C18H23N3O2S2/c1-3-19-18(23)12(2)20-16(22)11-21-8-6-14-13(7-10-25-14)17(21)15-5-4-9-24-15/h4-5,7,9-10,12,17H,3,6,8,11H2,1-2H3,(H,19,23)(H,20,22)/t12-,17-/m1/s1. The van der Waals surface area contributed by atoms with Crippen molar-refractivity contribution in [1.29, 1.82) is 0 Å². The molecule has 134 valence electrons. The molecule has 3 heterocycles. The fourth-order valence-electron chi connectivity index (χ4n) is 3.18. The molecule has 0 spiro atoms. The van der Waals surface area contributed by atoms with E-state index in [2.05, 4.69) is 44.5 Å². The number of likely N-dealkylation sites (N-methyl/N-ethyl adjacent to an activating group) is 1. The van der Waals surface area contributed by atoms with Crippen LogP contribution < -0.4 is 10.6 Å². The molecular weight excluding hydrogens is 354 g/mol. The summed E-state index contributed by atoms with van der Waals surface area (Å²) in [6, 6.07) is 5.96. The number of fused-ring (bicyclic) bond motifs is 1. The lowest BCUT2D eigenvalue weighted by Crippen LogP contribution is -2.49. The van der Waals surface area contributed by atoms with Crippen molar-refractivity contribution in [3.8, 4) is 0 Å². The van der Waals surface area contributed by atoms with Crippen LogP contribution in [0.1, 0.15) is 35.2 Å². The summed E-state index contributed by atoms with van der Waals surface area (Å²) in [5, 5.41) is 9.75. The van der Waals surface area contributed by atoms with Crippen LogP contribution in [-0.4, -0.2) is 42.4 Å². The number of hydrogen-bond donors (Lipinski definition) is 2. The zero-order chi connectivity index (χ0) is 17.8. The summed E-state index contributed by atoms with van der Waals surface area (Å²) in [6.07, 6.45) is 0.966. The zero-order valence-electron chi connectivity index (χ0n) is 14.5. The molecule has 2 N–H and O–H groups in total. The van der Waals surface area contributed by atoms with Crippen LogP contribution in [0, 0.1) is 0 Å². The molecule has 0 aliphatic carbocycles. The maximum absolute atomic E-state index is 12.5. The van der Waals surface area contributed by atoms with Crippen LogP contribution in [0.5, 0.6) is 0 Å². The first-order valence-electron chi connectivity index (χ1n) is 8.51. The molecule has 0 radical (unpaired) electrons. The van der Waals surface area contributed by atoms with Gasteiger partial charge in [0.15, 0.2) is 0 Å². The number of carbonyl (C=O) groups excluding carboxylic acids is 2. The summed E-state index contributed by atoms with van der Waals surface area (Å²) < 4.78 is 0. The lowest BCUT2D eigenvalue weighted by atomic mass is 9.98. The molecule has 0 bridgehead atoms. The van der Waals surface area contributed by atoms with Crippen LogP contribution in [0.25, 0.3) is 0 Å². The highest BCUT2D eigenvalue weighted by atomic mass is 32.1. The van der Waals surface area contributed by atoms with Gasteiger partial charge in [-0.25, -0.2) is 0 Å². The van der Waals surface area contributed by atoms with E-state index in [4.69, 9.17) is 0 Å². The molecule has 0 fully saturated rings. The predicted molar refractivity (Wildman–Crippen MR) is 102 cm³/mol. The monoisotopic (exact) mass is 377 g/mol. The minimum Gasteiger partial charge on any atom is -0.355 e. The Hall–Kier alpha value is -1.70. The Morgan fingerprint density at radius 2 is 2.16 bits per heavy atom. The molecule has 25 heavy (non-hydrogen) atoms. The molecule has 7 heteroatoms. The SMILES string of the molecule is CCNC(=O)[C@@H](C)NC(=O)CN1CCc2sccc2[C@@H]1c1cccs1. The molecule has 2 atom stereocenters. The topological polar surface area (TPSA) is 61.4 Å². The fraction of sp³-hybridized carbons (Fsp3) is 0.444. The third-order valence-corrected chi connectivity index (χ3v) is 6.27. The van der Waals surface area contributed by atoms with E-state index in [0.717, 1.165) is 13.0 Å². The van der Waals surface area contributed by atoms with Gasteiger partial charge in [0, 0.05) is 22.8 Å². The summed E-state index contributed by atoms with van der Waals surface area (Å²) in [6.45, 7) is 5.28. The van der Waals surface area contributed by atoms with Gasteiger partial charge in [0.25, 0.3) is 0 Å². The molecule has 0 unspecified atom stereocenters. The normalized spacial score (nSPS) is 18.4. The van der Waals surface area contributed by atoms with E-state index >= 15 is 0 Å². The van der Waals surface area contributed by atoms with Gasteiger partial charge in [0.2, 0.25) is 11.8 Å². The molecule has 3 rings (SSSR count). The van der Waals surface area contributed by atoms with Crippen LogP contribution in [0.2, 0.25) is 0 Å². The molecule has 2 aromatic rings. The van der Waals surface area contributed by atoms with Gasteiger partial charge < -0.3 is 10.6 Å². The smallest absolute Gasteiger partial charge is 0.242 e. The molecule has 0 saturated heterocycles. The van der Waals surface area contributed by atoms with E-state index in [1.54, 1.807) is 29.6 Å². The van der Waals surface area contributed by atoms with Crippen LogP contribution in [0.4, 0.5) is 0 Å². The quantitative estimate of drug-likeness (QED) is 0.813. The number of amides is 2. The first-order valence-corrected chi connectivity index (χ1v) is 10.3. The Bertz CT molecular complexity index is 727. The second-order valence-electron chi connectivity index (χ2n) is 6.12. The number of thiophene rings is 2. The van der Waals surface area contributed by atoms with Crippen LogP contribution in [0.15, 0.2) is 29.0 Å². The summed E-state index contributed by atoms with van der Waals surface area (Å²) >= 11 is 3.51. The maximum Gasteiger partial charge on any atom is 0.242 e. The third-order valence-electron chi connectivity index (χ3n) is 4.35. The minimum absolute atomic E-state index is 0.112. The van der Waals surface area contributed by atoms with Gasteiger partial charge in [-0.1, -0.05) is 6.07 Å². The van der Waals surface area contributed by atoms with E-state index in [0.29, 0.717) is 13.1 Å². The van der Waals surface area contributed by atoms with Crippen molar-refractivity contribution in [1.82, 2.24) is 15.5 Å². The lowest BCUT2D eigenvalue weighted by molar-refractivity contribution is -0.129. The molecular formula is C18H23N3O2S2. The third kappa shape index (κ3) is 4.11. The summed E-state index contributed by atoms with van der Waals surface area (Å²) in [5.41, 5.74) is 1.31. The second kappa shape index (κ2) is 8.12. The van der Waals surface area contributed by atoms with Crippen molar-refractivity contribution < 1.29 is 9.59 Å². The Kier molecular flexibility index (Phi) is 5.88. The van der Waals surface area contributed by atoms with E-state index < -0.39 is 6.04 Å². The average Bonchev–Trinajstić information content (AvgIpc) is 3.26. The van der Waals surface area contributed by atoms with Gasteiger partial charge in [0.1, 0.15) is 6.04 Å². The molecule has 2 aromatic heterocycles. The molecule has 1 aliphatic heterocycles. The van der Waals surface area contributed by atoms with Crippen molar-refractivity contribution in [3.63, 3.8) is 0 Å². The lowest BCUT2D eigenvalue weighted by Gasteiger charge is -2.35. The van der Waals surface area contributed by atoms with Crippen LogP contribution in [-0.2, 0) is 16.0 Å². The number of rotatable bonds is 6. The summed E-state index contributed by atoms with van der Waals surface area (Å²) in [5.74, 6) is -0.261. The van der Waals surface area contributed by atoms with Crippen molar-refractivity contribution in [2.75, 3.05) is 19.6 Å². The number of carbonyl (C=O) groups is 2. The van der Waals surface area contributed by atoms with Gasteiger partial charge in [0.05, 0.1) is 12.6 Å². The first-order chi connectivity index (χ1) is 12.1.